The third kappa shape index (κ3) is 3.77. The number of hydrogen-bond donors (Lipinski definition) is 0. The van der Waals surface area contributed by atoms with E-state index in [1.54, 1.807) is 29.2 Å². The van der Waals surface area contributed by atoms with Crippen molar-refractivity contribution in [1.82, 2.24) is 0 Å². The number of anilines is 1. The van der Waals surface area contributed by atoms with Gasteiger partial charge in [-0.1, -0.05) is 29.8 Å². The minimum Gasteiger partial charge on any atom is -0.378 e. The van der Waals surface area contributed by atoms with Gasteiger partial charge in [0.25, 0.3) is 11.4 Å². The molecule has 3 rings (SSSR count). The van der Waals surface area contributed by atoms with Crippen LogP contribution in [0.5, 0.6) is 0 Å². The first-order valence-electron chi connectivity index (χ1n) is 8.29. The molecule has 2 aromatic carbocycles. The first kappa shape index (κ1) is 18.5. The lowest BCUT2D eigenvalue weighted by Crippen LogP contribution is -2.36. The van der Waals surface area contributed by atoms with Gasteiger partial charge in [0.15, 0.2) is 5.78 Å². The molecule has 0 radical (unpaired) electrons. The molecular weight excluding hydrogens is 354 g/mol. The molecule has 9 heteroatoms. The van der Waals surface area contributed by atoms with Gasteiger partial charge in [-0.25, -0.2) is 0 Å². The monoisotopic (exact) mass is 371 g/mol. The Bertz CT molecular complexity index is 904. The van der Waals surface area contributed by atoms with Crippen molar-refractivity contribution in [1.29, 1.82) is 0 Å². The molecule has 0 N–H and O–H groups in total. The van der Waals surface area contributed by atoms with Gasteiger partial charge in [-0.3, -0.25) is 25.0 Å². The number of morpholine rings is 1. The highest BCUT2D eigenvalue weighted by Gasteiger charge is 2.31. The number of carbonyl (C=O) groups is 1. The van der Waals surface area contributed by atoms with Gasteiger partial charge < -0.3 is 9.64 Å². The summed E-state index contributed by atoms with van der Waals surface area (Å²) >= 11 is 0. The highest BCUT2D eigenvalue weighted by atomic mass is 16.6. The molecule has 1 aliphatic rings. The number of nitrogens with zero attached hydrogens (tertiary/aromatic N) is 3. The molecule has 1 heterocycles. The second-order valence-electron chi connectivity index (χ2n) is 6.17. The summed E-state index contributed by atoms with van der Waals surface area (Å²) < 4.78 is 5.26. The number of carbonyl (C=O) groups excluding carboxylic acids is 1. The minimum atomic E-state index is -0.766. The van der Waals surface area contributed by atoms with Crippen LogP contribution in [0.2, 0.25) is 0 Å². The predicted molar refractivity (Wildman–Crippen MR) is 97.4 cm³/mol. The predicted octanol–water partition coefficient (Wildman–Crippen LogP) is 2.88. The maximum Gasteiger partial charge on any atom is 0.299 e. The third-order valence-electron chi connectivity index (χ3n) is 4.40. The van der Waals surface area contributed by atoms with Crippen molar-refractivity contribution in [3.05, 3.63) is 73.3 Å². The van der Waals surface area contributed by atoms with Crippen LogP contribution in [0.3, 0.4) is 0 Å². The van der Waals surface area contributed by atoms with E-state index in [2.05, 4.69) is 0 Å². The smallest absolute Gasteiger partial charge is 0.299 e. The Hall–Kier alpha value is -3.33. The molecule has 0 aliphatic carbocycles. The van der Waals surface area contributed by atoms with E-state index < -0.39 is 27.0 Å². The Morgan fingerprint density at radius 2 is 1.59 bits per heavy atom. The van der Waals surface area contributed by atoms with Crippen molar-refractivity contribution in [2.75, 3.05) is 31.2 Å². The Balaban J connectivity index is 2.15. The molecule has 1 fully saturated rings. The second-order valence-corrected chi connectivity index (χ2v) is 6.17. The molecule has 2 aromatic rings. The van der Waals surface area contributed by atoms with Crippen molar-refractivity contribution in [3.63, 3.8) is 0 Å². The van der Waals surface area contributed by atoms with Crippen molar-refractivity contribution in [2.24, 2.45) is 0 Å². The SMILES string of the molecule is Cc1ccc(C(=O)c2cc(N3CCOCC3)c([N+](=O)[O-])cc2[N+](=O)[O-])cc1. The number of rotatable bonds is 5. The molecule has 0 atom stereocenters. The van der Waals surface area contributed by atoms with Gasteiger partial charge in [0.2, 0.25) is 0 Å². The topological polar surface area (TPSA) is 116 Å². The number of benzene rings is 2. The molecule has 0 unspecified atom stereocenters. The molecule has 9 nitrogen and oxygen atoms in total. The molecule has 0 bridgehead atoms. The highest BCUT2D eigenvalue weighted by Crippen LogP contribution is 2.36. The van der Waals surface area contributed by atoms with Gasteiger partial charge in [0.05, 0.1) is 29.1 Å². The fourth-order valence-electron chi connectivity index (χ4n) is 2.96. The van der Waals surface area contributed by atoms with Crippen LogP contribution >= 0.6 is 0 Å². The summed E-state index contributed by atoms with van der Waals surface area (Å²) in [5.74, 6) is -0.550. The van der Waals surface area contributed by atoms with E-state index in [-0.39, 0.29) is 16.8 Å². The van der Waals surface area contributed by atoms with Crippen LogP contribution in [0.15, 0.2) is 36.4 Å². The fraction of sp³-hybridized carbons (Fsp3) is 0.278. The third-order valence-corrected chi connectivity index (χ3v) is 4.40. The van der Waals surface area contributed by atoms with E-state index in [1.165, 1.54) is 6.07 Å². The van der Waals surface area contributed by atoms with Crippen LogP contribution in [0.25, 0.3) is 0 Å². The van der Waals surface area contributed by atoms with Crippen molar-refractivity contribution in [2.45, 2.75) is 6.92 Å². The number of ether oxygens (including phenoxy) is 1. The summed E-state index contributed by atoms with van der Waals surface area (Å²) in [5, 5.41) is 22.9. The molecule has 0 spiro atoms. The van der Waals surface area contributed by atoms with Gasteiger partial charge in [-0.2, -0.15) is 0 Å². The summed E-state index contributed by atoms with van der Waals surface area (Å²) in [6, 6.07) is 8.74. The Labute approximate surface area is 154 Å². The molecule has 0 saturated carbocycles. The van der Waals surface area contributed by atoms with E-state index in [4.69, 9.17) is 4.74 Å². The number of nitro benzene ring substituents is 2. The van der Waals surface area contributed by atoms with Gasteiger partial charge in [-0.15, -0.1) is 0 Å². The number of nitro groups is 2. The molecule has 0 aromatic heterocycles. The number of aryl methyl sites for hydroxylation is 1. The lowest BCUT2D eigenvalue weighted by atomic mass is 9.99. The first-order chi connectivity index (χ1) is 12.9. The largest absolute Gasteiger partial charge is 0.378 e. The second kappa shape index (κ2) is 7.50. The Morgan fingerprint density at radius 1 is 1.00 bits per heavy atom. The van der Waals surface area contributed by atoms with Crippen LogP contribution < -0.4 is 4.90 Å². The van der Waals surface area contributed by atoms with Gasteiger partial charge in [-0.05, 0) is 13.0 Å². The maximum atomic E-state index is 12.9. The van der Waals surface area contributed by atoms with Crippen LogP contribution in [0.1, 0.15) is 21.5 Å². The molecule has 140 valence electrons. The summed E-state index contributed by atoms with van der Waals surface area (Å²) in [7, 11) is 0. The summed E-state index contributed by atoms with van der Waals surface area (Å²) in [6.45, 7) is 3.43. The fourth-order valence-corrected chi connectivity index (χ4v) is 2.96. The Morgan fingerprint density at radius 3 is 2.15 bits per heavy atom. The maximum absolute atomic E-state index is 12.9. The van der Waals surface area contributed by atoms with Gasteiger partial charge in [0, 0.05) is 18.7 Å². The standard InChI is InChI=1S/C18H17N3O6/c1-12-2-4-13(5-3-12)18(22)14-10-16(19-6-8-27-9-7-19)17(21(25)26)11-15(14)20(23)24/h2-5,10-11H,6-9H2,1H3. The number of hydrogen-bond acceptors (Lipinski definition) is 7. The van der Waals surface area contributed by atoms with Crippen molar-refractivity contribution < 1.29 is 19.4 Å². The lowest BCUT2D eigenvalue weighted by molar-refractivity contribution is -0.393. The van der Waals surface area contributed by atoms with E-state index >= 15 is 0 Å². The molecule has 27 heavy (non-hydrogen) atoms. The number of ketones is 1. The van der Waals surface area contributed by atoms with Crippen molar-refractivity contribution in [3.8, 4) is 0 Å². The molecule has 0 amide bonds. The van der Waals surface area contributed by atoms with Crippen LogP contribution in [-0.2, 0) is 4.74 Å². The molecule has 1 saturated heterocycles. The van der Waals surface area contributed by atoms with Crippen LogP contribution in [-0.4, -0.2) is 41.9 Å². The average Bonchev–Trinajstić information content (AvgIpc) is 2.67. The Kier molecular flexibility index (Phi) is 5.13. The molecular formula is C18H17N3O6. The average molecular weight is 371 g/mol. The first-order valence-corrected chi connectivity index (χ1v) is 8.29. The summed E-state index contributed by atoms with van der Waals surface area (Å²) in [4.78, 5) is 36.1. The lowest BCUT2D eigenvalue weighted by Gasteiger charge is -2.28. The quantitative estimate of drug-likeness (QED) is 0.451. The van der Waals surface area contributed by atoms with E-state index in [1.807, 2.05) is 6.92 Å². The van der Waals surface area contributed by atoms with Gasteiger partial charge >= 0.3 is 0 Å². The van der Waals surface area contributed by atoms with E-state index in [9.17, 15) is 25.0 Å². The zero-order valence-corrected chi connectivity index (χ0v) is 14.6. The summed E-state index contributed by atoms with van der Waals surface area (Å²) in [5.41, 5.74) is 0.262. The van der Waals surface area contributed by atoms with Gasteiger partial charge in [0.1, 0.15) is 11.3 Å². The van der Waals surface area contributed by atoms with Crippen molar-refractivity contribution >= 4 is 22.8 Å². The van der Waals surface area contributed by atoms with Crippen LogP contribution in [0, 0.1) is 27.2 Å². The summed E-state index contributed by atoms with van der Waals surface area (Å²) in [6.07, 6.45) is 0. The van der Waals surface area contributed by atoms with Crippen LogP contribution in [0.4, 0.5) is 17.1 Å². The molecule has 1 aliphatic heterocycles. The normalized spacial score (nSPS) is 14.0. The zero-order valence-electron chi connectivity index (χ0n) is 14.6. The van der Waals surface area contributed by atoms with E-state index in [0.29, 0.717) is 26.3 Å². The van der Waals surface area contributed by atoms with E-state index in [0.717, 1.165) is 11.6 Å². The highest BCUT2D eigenvalue weighted by molar-refractivity contribution is 6.12. The minimum absolute atomic E-state index is 0.170. The zero-order chi connectivity index (χ0) is 19.6.